The highest BCUT2D eigenvalue weighted by Crippen LogP contribution is 2.18. The van der Waals surface area contributed by atoms with Crippen molar-refractivity contribution in [1.29, 1.82) is 0 Å². The molecule has 6 nitrogen and oxygen atoms in total. The molecule has 0 unspecified atom stereocenters. The molecule has 0 fully saturated rings. The van der Waals surface area contributed by atoms with Gasteiger partial charge in [-0.2, -0.15) is 0 Å². The normalized spacial score (nSPS) is 11.3. The minimum Gasteiger partial charge on any atom is -0.356 e. The number of hydrogen-bond donors (Lipinski definition) is 1. The van der Waals surface area contributed by atoms with Gasteiger partial charge in [-0.25, -0.2) is 4.98 Å². The topological polar surface area (TPSA) is 67.2 Å². The Bertz CT molecular complexity index is 1030. The second-order valence-electron chi connectivity index (χ2n) is 8.68. The van der Waals surface area contributed by atoms with Crippen LogP contribution in [-0.2, 0) is 29.0 Å². The average Bonchev–Trinajstić information content (AvgIpc) is 3.10. The van der Waals surface area contributed by atoms with Crippen LogP contribution >= 0.6 is 0 Å². The average molecular weight is 435 g/mol. The fraction of sp³-hybridized carbons (Fsp3) is 0.423. The van der Waals surface area contributed by atoms with Gasteiger partial charge in [-0.05, 0) is 51.8 Å². The van der Waals surface area contributed by atoms with Crippen molar-refractivity contribution in [2.45, 2.75) is 65.6 Å². The van der Waals surface area contributed by atoms with Crippen molar-refractivity contribution in [3.8, 4) is 0 Å². The second kappa shape index (κ2) is 10.9. The molecule has 0 bridgehead atoms. The number of aryl methyl sites for hydroxylation is 1. The van der Waals surface area contributed by atoms with E-state index < -0.39 is 0 Å². The van der Waals surface area contributed by atoms with Crippen LogP contribution in [0.1, 0.15) is 45.5 Å². The van der Waals surface area contributed by atoms with Gasteiger partial charge in [0.25, 0.3) is 0 Å². The van der Waals surface area contributed by atoms with Gasteiger partial charge in [0, 0.05) is 31.5 Å². The monoisotopic (exact) mass is 434 g/mol. The Morgan fingerprint density at radius 1 is 0.938 bits per heavy atom. The van der Waals surface area contributed by atoms with Crippen LogP contribution in [0, 0.1) is 0 Å². The van der Waals surface area contributed by atoms with Crippen LogP contribution in [0.2, 0.25) is 0 Å². The van der Waals surface area contributed by atoms with Crippen LogP contribution in [-0.4, -0.2) is 44.9 Å². The van der Waals surface area contributed by atoms with E-state index in [4.69, 9.17) is 4.98 Å². The summed E-state index contributed by atoms with van der Waals surface area (Å²) in [5.74, 6) is 0.917. The van der Waals surface area contributed by atoms with E-state index in [2.05, 4.69) is 5.32 Å². The minimum absolute atomic E-state index is 0.0263. The van der Waals surface area contributed by atoms with Crippen molar-refractivity contribution in [1.82, 2.24) is 19.8 Å². The smallest absolute Gasteiger partial charge is 0.243 e. The maximum Gasteiger partial charge on any atom is 0.243 e. The molecule has 1 aromatic heterocycles. The molecule has 0 spiro atoms. The van der Waals surface area contributed by atoms with Crippen molar-refractivity contribution < 1.29 is 9.59 Å². The summed E-state index contributed by atoms with van der Waals surface area (Å²) in [5, 5.41) is 3.00. The third-order valence-corrected chi connectivity index (χ3v) is 5.58. The standard InChI is InChI=1S/C26H34N4O2/c1-19(2)30(20(3)4)26(32)18-29-23-13-9-8-12-22(23)28-24(29)16-17-27-25(31)15-14-21-10-6-5-7-11-21/h5-13,19-20H,14-18H2,1-4H3,(H,27,31). The molecule has 0 aliphatic carbocycles. The van der Waals surface area contributed by atoms with Crippen LogP contribution in [0.25, 0.3) is 11.0 Å². The van der Waals surface area contributed by atoms with Gasteiger partial charge in [-0.3, -0.25) is 9.59 Å². The lowest BCUT2D eigenvalue weighted by Gasteiger charge is -2.31. The number of hydrogen-bond acceptors (Lipinski definition) is 3. The summed E-state index contributed by atoms with van der Waals surface area (Å²) in [4.78, 5) is 32.0. The Morgan fingerprint density at radius 3 is 2.28 bits per heavy atom. The molecule has 6 heteroatoms. The van der Waals surface area contributed by atoms with Crippen LogP contribution in [0.3, 0.4) is 0 Å². The lowest BCUT2D eigenvalue weighted by atomic mass is 10.1. The van der Waals surface area contributed by atoms with E-state index in [1.54, 1.807) is 0 Å². The predicted octanol–water partition coefficient (Wildman–Crippen LogP) is 3.97. The molecule has 0 saturated heterocycles. The third kappa shape index (κ3) is 5.96. The molecule has 0 radical (unpaired) electrons. The number of aromatic nitrogens is 2. The number of carbonyl (C=O) groups is 2. The molecule has 1 heterocycles. The summed E-state index contributed by atoms with van der Waals surface area (Å²) in [6, 6.07) is 18.1. The SMILES string of the molecule is CC(C)N(C(=O)Cn1c(CCNC(=O)CCc2ccccc2)nc2ccccc21)C(C)C. The number of para-hydroxylation sites is 2. The number of nitrogens with zero attached hydrogens (tertiary/aromatic N) is 3. The van der Waals surface area contributed by atoms with Crippen LogP contribution in [0.5, 0.6) is 0 Å². The first-order valence-electron chi connectivity index (χ1n) is 11.4. The van der Waals surface area contributed by atoms with E-state index >= 15 is 0 Å². The van der Waals surface area contributed by atoms with Gasteiger partial charge in [-0.1, -0.05) is 42.5 Å². The Hall–Kier alpha value is -3.15. The van der Waals surface area contributed by atoms with E-state index in [-0.39, 0.29) is 30.4 Å². The van der Waals surface area contributed by atoms with Gasteiger partial charge in [0.05, 0.1) is 11.0 Å². The van der Waals surface area contributed by atoms with Crippen molar-refractivity contribution in [2.75, 3.05) is 6.54 Å². The number of carbonyl (C=O) groups excluding carboxylic acids is 2. The fourth-order valence-corrected chi connectivity index (χ4v) is 4.19. The minimum atomic E-state index is 0.0263. The summed E-state index contributed by atoms with van der Waals surface area (Å²) >= 11 is 0. The number of benzene rings is 2. The highest BCUT2D eigenvalue weighted by atomic mass is 16.2. The first-order valence-corrected chi connectivity index (χ1v) is 11.4. The first-order chi connectivity index (χ1) is 15.4. The van der Waals surface area contributed by atoms with E-state index in [1.807, 2.05) is 91.8 Å². The molecule has 2 aromatic carbocycles. The summed E-state index contributed by atoms with van der Waals surface area (Å²) < 4.78 is 1.99. The van der Waals surface area contributed by atoms with Crippen molar-refractivity contribution in [2.24, 2.45) is 0 Å². The van der Waals surface area contributed by atoms with Gasteiger partial charge >= 0.3 is 0 Å². The molecular weight excluding hydrogens is 400 g/mol. The maximum absolute atomic E-state index is 13.1. The van der Waals surface area contributed by atoms with Crippen molar-refractivity contribution in [3.05, 3.63) is 66.0 Å². The lowest BCUT2D eigenvalue weighted by Crippen LogP contribution is -2.43. The Balaban J connectivity index is 1.66. The molecule has 3 rings (SSSR count). The molecule has 1 N–H and O–H groups in total. The first kappa shape index (κ1) is 23.5. The number of rotatable bonds is 10. The predicted molar refractivity (Wildman–Crippen MR) is 128 cm³/mol. The van der Waals surface area contributed by atoms with Crippen molar-refractivity contribution >= 4 is 22.8 Å². The van der Waals surface area contributed by atoms with Crippen LogP contribution < -0.4 is 5.32 Å². The second-order valence-corrected chi connectivity index (χ2v) is 8.68. The van der Waals surface area contributed by atoms with Crippen LogP contribution in [0.4, 0.5) is 0 Å². The fourth-order valence-electron chi connectivity index (χ4n) is 4.19. The van der Waals surface area contributed by atoms with E-state index in [9.17, 15) is 9.59 Å². The zero-order chi connectivity index (χ0) is 23.1. The Labute approximate surface area is 190 Å². The van der Waals surface area contributed by atoms with Crippen LogP contribution in [0.15, 0.2) is 54.6 Å². The van der Waals surface area contributed by atoms with Gasteiger partial charge in [0.2, 0.25) is 11.8 Å². The van der Waals surface area contributed by atoms with E-state index in [1.165, 1.54) is 0 Å². The third-order valence-electron chi connectivity index (χ3n) is 5.58. The number of imidazole rings is 1. The quantitative estimate of drug-likeness (QED) is 0.525. The largest absolute Gasteiger partial charge is 0.356 e. The summed E-state index contributed by atoms with van der Waals surface area (Å²) in [6.07, 6.45) is 1.75. The lowest BCUT2D eigenvalue weighted by molar-refractivity contribution is -0.135. The summed E-state index contributed by atoms with van der Waals surface area (Å²) in [5.41, 5.74) is 2.97. The van der Waals surface area contributed by atoms with E-state index in [0.29, 0.717) is 19.4 Å². The molecule has 0 aliphatic rings. The molecule has 32 heavy (non-hydrogen) atoms. The molecule has 0 aliphatic heterocycles. The van der Waals surface area contributed by atoms with Gasteiger partial charge in [0.15, 0.2) is 0 Å². The van der Waals surface area contributed by atoms with Gasteiger partial charge in [-0.15, -0.1) is 0 Å². The highest BCUT2D eigenvalue weighted by Gasteiger charge is 2.22. The highest BCUT2D eigenvalue weighted by molar-refractivity contribution is 5.81. The summed E-state index contributed by atoms with van der Waals surface area (Å²) in [7, 11) is 0. The van der Waals surface area contributed by atoms with Gasteiger partial charge < -0.3 is 14.8 Å². The number of fused-ring (bicyclic) bond motifs is 1. The molecule has 0 saturated carbocycles. The van der Waals surface area contributed by atoms with Crippen molar-refractivity contribution in [3.63, 3.8) is 0 Å². The Kier molecular flexibility index (Phi) is 8.03. The maximum atomic E-state index is 13.1. The molecule has 170 valence electrons. The molecule has 2 amide bonds. The summed E-state index contributed by atoms with van der Waals surface area (Å²) in [6.45, 7) is 8.88. The van der Waals surface area contributed by atoms with E-state index in [0.717, 1.165) is 28.8 Å². The number of amides is 2. The molecule has 3 aromatic rings. The molecule has 0 atom stereocenters. The Morgan fingerprint density at radius 2 is 1.59 bits per heavy atom. The molecular formula is C26H34N4O2. The zero-order valence-corrected chi connectivity index (χ0v) is 19.5. The van der Waals surface area contributed by atoms with Gasteiger partial charge in [0.1, 0.15) is 12.4 Å². The number of nitrogens with one attached hydrogen (secondary N) is 1. The zero-order valence-electron chi connectivity index (χ0n) is 19.5.